The van der Waals surface area contributed by atoms with Crippen LogP contribution in [0.25, 0.3) is 0 Å². The molecular weight excluding hydrogens is 178 g/mol. The number of piperidine rings is 1. The van der Waals surface area contributed by atoms with Crippen LogP contribution in [0.5, 0.6) is 0 Å². The monoisotopic (exact) mass is 195 g/mol. The summed E-state index contributed by atoms with van der Waals surface area (Å²) in [7, 11) is 0. The zero-order valence-corrected chi connectivity index (χ0v) is 8.28. The van der Waals surface area contributed by atoms with Gasteiger partial charge < -0.3 is 14.8 Å². The molecule has 1 atom stereocenters. The van der Waals surface area contributed by atoms with E-state index in [9.17, 15) is 5.11 Å². The minimum absolute atomic E-state index is 0.213. The SMILES string of the molecule is OC(Cc1ccoc1)C1CCNCC1. The van der Waals surface area contributed by atoms with E-state index in [2.05, 4.69) is 5.32 Å². The Hall–Kier alpha value is -0.800. The van der Waals surface area contributed by atoms with Crippen LogP contribution in [0.2, 0.25) is 0 Å². The van der Waals surface area contributed by atoms with E-state index in [1.54, 1.807) is 12.5 Å². The Kier molecular flexibility index (Phi) is 3.22. The number of aliphatic hydroxyl groups is 1. The molecule has 1 aliphatic rings. The van der Waals surface area contributed by atoms with Gasteiger partial charge in [-0.2, -0.15) is 0 Å². The third-order valence-corrected chi connectivity index (χ3v) is 2.95. The molecule has 2 N–H and O–H groups in total. The molecule has 0 saturated carbocycles. The number of hydrogen-bond acceptors (Lipinski definition) is 3. The molecule has 0 amide bonds. The first-order valence-corrected chi connectivity index (χ1v) is 5.26. The highest BCUT2D eigenvalue weighted by atomic mass is 16.3. The van der Waals surface area contributed by atoms with E-state index in [0.29, 0.717) is 5.92 Å². The minimum atomic E-state index is -0.213. The second kappa shape index (κ2) is 4.62. The van der Waals surface area contributed by atoms with Crippen LogP contribution in [0.3, 0.4) is 0 Å². The first-order chi connectivity index (χ1) is 6.86. The predicted molar refractivity (Wildman–Crippen MR) is 54.0 cm³/mol. The van der Waals surface area contributed by atoms with Crippen molar-refractivity contribution in [2.75, 3.05) is 13.1 Å². The number of hydrogen-bond donors (Lipinski definition) is 2. The fraction of sp³-hybridized carbons (Fsp3) is 0.636. The second-order valence-electron chi connectivity index (χ2n) is 3.99. The topological polar surface area (TPSA) is 45.4 Å². The first kappa shape index (κ1) is 9.74. The van der Waals surface area contributed by atoms with E-state index in [1.807, 2.05) is 6.07 Å². The molecule has 1 aromatic rings. The Morgan fingerprint density at radius 3 is 2.93 bits per heavy atom. The average Bonchev–Trinajstić information content (AvgIpc) is 2.72. The highest BCUT2D eigenvalue weighted by Crippen LogP contribution is 2.19. The Morgan fingerprint density at radius 1 is 1.50 bits per heavy atom. The summed E-state index contributed by atoms with van der Waals surface area (Å²) in [5.41, 5.74) is 1.09. The zero-order chi connectivity index (χ0) is 9.80. The minimum Gasteiger partial charge on any atom is -0.472 e. The molecule has 1 fully saturated rings. The fourth-order valence-electron chi connectivity index (χ4n) is 2.05. The lowest BCUT2D eigenvalue weighted by atomic mass is 9.89. The summed E-state index contributed by atoms with van der Waals surface area (Å²) in [6, 6.07) is 1.92. The third-order valence-electron chi connectivity index (χ3n) is 2.95. The van der Waals surface area contributed by atoms with Gasteiger partial charge in [-0.15, -0.1) is 0 Å². The smallest absolute Gasteiger partial charge is 0.0935 e. The van der Waals surface area contributed by atoms with Crippen LogP contribution in [-0.2, 0) is 6.42 Å². The maximum Gasteiger partial charge on any atom is 0.0935 e. The summed E-state index contributed by atoms with van der Waals surface area (Å²) >= 11 is 0. The predicted octanol–water partition coefficient (Wildman–Crippen LogP) is 1.18. The van der Waals surface area contributed by atoms with Gasteiger partial charge in [0.1, 0.15) is 0 Å². The average molecular weight is 195 g/mol. The molecule has 0 aliphatic carbocycles. The fourth-order valence-corrected chi connectivity index (χ4v) is 2.05. The van der Waals surface area contributed by atoms with Crippen molar-refractivity contribution in [1.29, 1.82) is 0 Å². The van der Waals surface area contributed by atoms with Crippen LogP contribution in [0, 0.1) is 5.92 Å². The number of nitrogens with one attached hydrogen (secondary N) is 1. The molecule has 1 aliphatic heterocycles. The molecule has 1 unspecified atom stereocenters. The molecule has 1 aromatic heterocycles. The number of rotatable bonds is 3. The quantitative estimate of drug-likeness (QED) is 0.761. The molecular formula is C11H17NO2. The van der Waals surface area contributed by atoms with Crippen molar-refractivity contribution in [2.45, 2.75) is 25.4 Å². The normalized spacial score (nSPS) is 20.9. The van der Waals surface area contributed by atoms with Crippen molar-refractivity contribution < 1.29 is 9.52 Å². The largest absolute Gasteiger partial charge is 0.472 e. The van der Waals surface area contributed by atoms with Gasteiger partial charge in [0.2, 0.25) is 0 Å². The lowest BCUT2D eigenvalue weighted by Crippen LogP contribution is -2.34. The maximum atomic E-state index is 9.98. The number of furan rings is 1. The Morgan fingerprint density at radius 2 is 2.29 bits per heavy atom. The standard InChI is InChI=1S/C11H17NO2/c13-11(7-9-3-6-14-8-9)10-1-4-12-5-2-10/h3,6,8,10-13H,1-2,4-5,7H2. The lowest BCUT2D eigenvalue weighted by Gasteiger charge is -2.26. The molecule has 14 heavy (non-hydrogen) atoms. The highest BCUT2D eigenvalue weighted by Gasteiger charge is 2.21. The van der Waals surface area contributed by atoms with Gasteiger partial charge in [0, 0.05) is 6.42 Å². The van der Waals surface area contributed by atoms with E-state index >= 15 is 0 Å². The van der Waals surface area contributed by atoms with E-state index in [1.165, 1.54) is 0 Å². The molecule has 0 bridgehead atoms. The molecule has 2 heterocycles. The number of aliphatic hydroxyl groups excluding tert-OH is 1. The van der Waals surface area contributed by atoms with Gasteiger partial charge in [0.25, 0.3) is 0 Å². The molecule has 0 aromatic carbocycles. The van der Waals surface area contributed by atoms with Crippen molar-refractivity contribution in [3.05, 3.63) is 24.2 Å². The molecule has 0 spiro atoms. The van der Waals surface area contributed by atoms with Gasteiger partial charge in [-0.05, 0) is 43.5 Å². The van der Waals surface area contributed by atoms with Gasteiger partial charge in [-0.25, -0.2) is 0 Å². The Bertz CT molecular complexity index is 252. The van der Waals surface area contributed by atoms with Gasteiger partial charge in [-0.1, -0.05) is 0 Å². The Balaban J connectivity index is 1.85. The maximum absolute atomic E-state index is 9.98. The molecule has 78 valence electrons. The molecule has 3 nitrogen and oxygen atoms in total. The van der Waals surface area contributed by atoms with E-state index in [4.69, 9.17) is 4.42 Å². The van der Waals surface area contributed by atoms with Crippen molar-refractivity contribution >= 4 is 0 Å². The van der Waals surface area contributed by atoms with Crippen molar-refractivity contribution in [2.24, 2.45) is 5.92 Å². The van der Waals surface area contributed by atoms with Crippen LogP contribution in [-0.4, -0.2) is 24.3 Å². The molecule has 1 saturated heterocycles. The van der Waals surface area contributed by atoms with Crippen LogP contribution in [0.1, 0.15) is 18.4 Å². The molecule has 0 radical (unpaired) electrons. The lowest BCUT2D eigenvalue weighted by molar-refractivity contribution is 0.0889. The van der Waals surface area contributed by atoms with Crippen molar-refractivity contribution in [1.82, 2.24) is 5.32 Å². The summed E-state index contributed by atoms with van der Waals surface area (Å²) in [5, 5.41) is 13.3. The Labute approximate surface area is 84.1 Å². The molecule has 3 heteroatoms. The van der Waals surface area contributed by atoms with Crippen LogP contribution in [0.15, 0.2) is 23.0 Å². The summed E-state index contributed by atoms with van der Waals surface area (Å²) in [4.78, 5) is 0. The third kappa shape index (κ3) is 2.36. The second-order valence-corrected chi connectivity index (χ2v) is 3.99. The summed E-state index contributed by atoms with van der Waals surface area (Å²) in [6.45, 7) is 2.07. The summed E-state index contributed by atoms with van der Waals surface area (Å²) < 4.78 is 4.98. The van der Waals surface area contributed by atoms with E-state index < -0.39 is 0 Å². The summed E-state index contributed by atoms with van der Waals surface area (Å²) in [5.74, 6) is 0.450. The van der Waals surface area contributed by atoms with Crippen LogP contribution in [0.4, 0.5) is 0 Å². The molecule has 2 rings (SSSR count). The first-order valence-electron chi connectivity index (χ1n) is 5.26. The van der Waals surface area contributed by atoms with Gasteiger partial charge >= 0.3 is 0 Å². The van der Waals surface area contributed by atoms with Crippen molar-refractivity contribution in [3.8, 4) is 0 Å². The van der Waals surface area contributed by atoms with E-state index in [0.717, 1.165) is 37.9 Å². The van der Waals surface area contributed by atoms with Crippen LogP contribution >= 0.6 is 0 Å². The highest BCUT2D eigenvalue weighted by molar-refractivity contribution is 5.07. The summed E-state index contributed by atoms with van der Waals surface area (Å²) in [6.07, 6.45) is 6.04. The van der Waals surface area contributed by atoms with Gasteiger partial charge in [0.05, 0.1) is 18.6 Å². The van der Waals surface area contributed by atoms with E-state index in [-0.39, 0.29) is 6.10 Å². The van der Waals surface area contributed by atoms with Crippen LogP contribution < -0.4 is 5.32 Å². The van der Waals surface area contributed by atoms with Gasteiger partial charge in [-0.3, -0.25) is 0 Å². The van der Waals surface area contributed by atoms with Gasteiger partial charge in [0.15, 0.2) is 0 Å². The zero-order valence-electron chi connectivity index (χ0n) is 8.28. The van der Waals surface area contributed by atoms with Crippen molar-refractivity contribution in [3.63, 3.8) is 0 Å².